The van der Waals surface area contributed by atoms with Crippen LogP contribution in [0.2, 0.25) is 10.0 Å². The van der Waals surface area contributed by atoms with Gasteiger partial charge in [0.2, 0.25) is 0 Å². The van der Waals surface area contributed by atoms with Crippen LogP contribution in [-0.4, -0.2) is 31.1 Å². The summed E-state index contributed by atoms with van der Waals surface area (Å²) in [5.74, 6) is 0. The Bertz CT molecular complexity index is 437. The van der Waals surface area contributed by atoms with Gasteiger partial charge in [-0.1, -0.05) is 23.2 Å². The Morgan fingerprint density at radius 1 is 1.37 bits per heavy atom. The van der Waals surface area contributed by atoms with E-state index in [0.29, 0.717) is 5.69 Å². The van der Waals surface area contributed by atoms with E-state index in [1.54, 1.807) is 0 Å². The van der Waals surface area contributed by atoms with Crippen molar-refractivity contribution in [2.75, 3.05) is 25.1 Å². The predicted molar refractivity (Wildman–Crippen MR) is 68.4 cm³/mol. The van der Waals surface area contributed by atoms with Crippen molar-refractivity contribution in [1.82, 2.24) is 0 Å². The predicted octanol–water partition coefficient (Wildman–Crippen LogP) is 3.60. The van der Waals surface area contributed by atoms with Gasteiger partial charge in [-0.15, -0.1) is 0 Å². The van der Waals surface area contributed by atoms with E-state index in [9.17, 15) is 18.9 Å². The molecule has 0 radical (unpaired) electrons. The minimum absolute atomic E-state index is 0.0357. The quantitative estimate of drug-likeness (QED) is 0.474. The topological polar surface area (TPSA) is 64.4 Å². The Kier molecular flexibility index (Phi) is 6.20. The summed E-state index contributed by atoms with van der Waals surface area (Å²) in [6.07, 6.45) is -2.52. The van der Waals surface area contributed by atoms with Crippen LogP contribution < -0.4 is 5.32 Å². The number of nitro groups is 1. The molecule has 0 saturated carbocycles. The lowest BCUT2D eigenvalue weighted by atomic mass is 10.3. The third kappa shape index (κ3) is 5.14. The lowest BCUT2D eigenvalue weighted by molar-refractivity contribution is -0.384. The summed E-state index contributed by atoms with van der Waals surface area (Å²) >= 11 is 11.7. The Morgan fingerprint density at radius 3 is 2.42 bits per heavy atom. The minimum Gasteiger partial charge on any atom is -0.380 e. The van der Waals surface area contributed by atoms with Gasteiger partial charge < -0.3 is 10.1 Å². The number of nitrogens with zero attached hydrogens (tertiary/aromatic N) is 1. The summed E-state index contributed by atoms with van der Waals surface area (Å²) in [6.45, 7) is -0.415. The van der Waals surface area contributed by atoms with Crippen LogP contribution in [0.3, 0.4) is 0 Å². The first-order chi connectivity index (χ1) is 8.91. The van der Waals surface area contributed by atoms with E-state index < -0.39 is 18.0 Å². The number of rotatable bonds is 7. The van der Waals surface area contributed by atoms with Gasteiger partial charge in [0.25, 0.3) is 12.1 Å². The molecule has 19 heavy (non-hydrogen) atoms. The highest BCUT2D eigenvalue weighted by molar-refractivity contribution is 6.39. The largest absolute Gasteiger partial charge is 0.380 e. The number of alkyl halides is 2. The Balaban J connectivity index is 2.57. The molecule has 5 nitrogen and oxygen atoms in total. The third-order valence-electron chi connectivity index (χ3n) is 2.03. The van der Waals surface area contributed by atoms with Crippen LogP contribution >= 0.6 is 23.2 Å². The molecule has 1 N–H and O–H groups in total. The second kappa shape index (κ2) is 7.42. The molecular formula is C10H10Cl2F2N2O3. The van der Waals surface area contributed by atoms with Crippen LogP contribution in [0.1, 0.15) is 0 Å². The lowest BCUT2D eigenvalue weighted by Gasteiger charge is -2.10. The number of halogens is 4. The molecular weight excluding hydrogens is 305 g/mol. The summed E-state index contributed by atoms with van der Waals surface area (Å²) in [6, 6.07) is 2.30. The first-order valence-electron chi connectivity index (χ1n) is 5.15. The smallest absolute Gasteiger partial charge is 0.272 e. The fraction of sp³-hybridized carbons (Fsp3) is 0.400. The molecule has 0 unspecified atom stereocenters. The zero-order valence-electron chi connectivity index (χ0n) is 9.54. The molecule has 0 aliphatic heterocycles. The molecule has 0 aliphatic carbocycles. The van der Waals surface area contributed by atoms with Crippen molar-refractivity contribution in [3.05, 3.63) is 32.3 Å². The van der Waals surface area contributed by atoms with Gasteiger partial charge in [-0.05, 0) is 0 Å². The lowest BCUT2D eigenvalue weighted by Crippen LogP contribution is -2.13. The van der Waals surface area contributed by atoms with E-state index >= 15 is 0 Å². The molecule has 0 heterocycles. The van der Waals surface area contributed by atoms with E-state index in [2.05, 4.69) is 10.1 Å². The molecule has 0 spiro atoms. The van der Waals surface area contributed by atoms with Gasteiger partial charge in [-0.2, -0.15) is 0 Å². The molecule has 1 aromatic rings. The SMILES string of the molecule is O=[N+]([O-])c1cc(Cl)c(NCCOCC(F)F)c(Cl)c1. The van der Waals surface area contributed by atoms with Gasteiger partial charge in [0, 0.05) is 18.7 Å². The first-order valence-corrected chi connectivity index (χ1v) is 5.90. The Morgan fingerprint density at radius 2 is 1.95 bits per heavy atom. The fourth-order valence-electron chi connectivity index (χ4n) is 1.25. The van der Waals surface area contributed by atoms with Gasteiger partial charge in [-0.25, -0.2) is 8.78 Å². The molecule has 106 valence electrons. The second-order valence-corrected chi connectivity index (χ2v) is 4.25. The van der Waals surface area contributed by atoms with Crippen molar-refractivity contribution < 1.29 is 18.4 Å². The highest BCUT2D eigenvalue weighted by atomic mass is 35.5. The van der Waals surface area contributed by atoms with Crippen molar-refractivity contribution in [2.45, 2.75) is 6.43 Å². The van der Waals surface area contributed by atoms with Gasteiger partial charge in [0.15, 0.2) is 0 Å². The standard InChI is InChI=1S/C10H10Cl2F2N2O3/c11-7-3-6(16(17)18)4-8(12)10(7)15-1-2-19-5-9(13)14/h3-4,9,15H,1-2,5H2. The van der Waals surface area contributed by atoms with E-state index in [1.807, 2.05) is 0 Å². The van der Waals surface area contributed by atoms with E-state index in [4.69, 9.17) is 23.2 Å². The monoisotopic (exact) mass is 314 g/mol. The number of nitrogens with one attached hydrogen (secondary N) is 1. The van der Waals surface area contributed by atoms with Gasteiger partial charge in [-0.3, -0.25) is 10.1 Å². The summed E-state index contributed by atoms with van der Waals surface area (Å²) in [5, 5.41) is 13.5. The van der Waals surface area contributed by atoms with Crippen LogP contribution in [0.5, 0.6) is 0 Å². The maximum Gasteiger partial charge on any atom is 0.272 e. The van der Waals surface area contributed by atoms with Gasteiger partial charge in [0.05, 0.1) is 27.3 Å². The van der Waals surface area contributed by atoms with E-state index in [-0.39, 0.29) is 28.9 Å². The zero-order chi connectivity index (χ0) is 14.4. The summed E-state index contributed by atoms with van der Waals surface area (Å²) in [5.41, 5.74) is 0.0732. The Labute approximate surface area is 117 Å². The van der Waals surface area contributed by atoms with E-state index in [1.165, 1.54) is 0 Å². The van der Waals surface area contributed by atoms with Crippen molar-refractivity contribution in [3.63, 3.8) is 0 Å². The number of nitro benzene ring substituents is 1. The molecule has 0 saturated heterocycles. The Hall–Kier alpha value is -1.18. The highest BCUT2D eigenvalue weighted by Gasteiger charge is 2.14. The molecule has 9 heteroatoms. The number of ether oxygens (including phenoxy) is 1. The molecule has 0 amide bonds. The van der Waals surface area contributed by atoms with Crippen molar-refractivity contribution in [2.24, 2.45) is 0 Å². The van der Waals surface area contributed by atoms with E-state index in [0.717, 1.165) is 12.1 Å². The molecule has 0 aliphatic rings. The zero-order valence-corrected chi connectivity index (χ0v) is 11.0. The molecule has 1 aromatic carbocycles. The summed E-state index contributed by atoms with van der Waals surface area (Å²) in [7, 11) is 0. The van der Waals surface area contributed by atoms with Crippen molar-refractivity contribution in [1.29, 1.82) is 0 Å². The summed E-state index contributed by atoms with van der Waals surface area (Å²) < 4.78 is 28.2. The molecule has 0 bridgehead atoms. The van der Waals surface area contributed by atoms with Gasteiger partial charge in [0.1, 0.15) is 6.61 Å². The minimum atomic E-state index is -2.52. The number of benzene rings is 1. The van der Waals surface area contributed by atoms with Gasteiger partial charge >= 0.3 is 0 Å². The van der Waals surface area contributed by atoms with Crippen LogP contribution in [0.25, 0.3) is 0 Å². The summed E-state index contributed by atoms with van der Waals surface area (Å²) in [4.78, 5) is 9.94. The maximum absolute atomic E-state index is 11.8. The van der Waals surface area contributed by atoms with Crippen LogP contribution in [0.4, 0.5) is 20.2 Å². The normalized spacial score (nSPS) is 10.8. The number of hydrogen-bond donors (Lipinski definition) is 1. The molecule has 0 aromatic heterocycles. The van der Waals surface area contributed by atoms with Crippen LogP contribution in [0, 0.1) is 10.1 Å². The molecule has 0 fully saturated rings. The average Bonchev–Trinajstić information content (AvgIpc) is 2.30. The molecule has 1 rings (SSSR count). The first kappa shape index (κ1) is 15.9. The number of non-ortho nitro benzene ring substituents is 1. The maximum atomic E-state index is 11.8. The van der Waals surface area contributed by atoms with Crippen LogP contribution in [0.15, 0.2) is 12.1 Å². The van der Waals surface area contributed by atoms with Crippen molar-refractivity contribution in [3.8, 4) is 0 Å². The second-order valence-electron chi connectivity index (χ2n) is 3.43. The highest BCUT2D eigenvalue weighted by Crippen LogP contribution is 2.34. The number of hydrogen-bond acceptors (Lipinski definition) is 4. The molecule has 0 atom stereocenters. The number of anilines is 1. The fourth-order valence-corrected chi connectivity index (χ4v) is 1.86. The van der Waals surface area contributed by atoms with Crippen LogP contribution in [-0.2, 0) is 4.74 Å². The average molecular weight is 315 g/mol. The third-order valence-corrected chi connectivity index (χ3v) is 2.63. The van der Waals surface area contributed by atoms with Crippen molar-refractivity contribution >= 4 is 34.6 Å².